The van der Waals surface area contributed by atoms with E-state index >= 15 is 0 Å². The summed E-state index contributed by atoms with van der Waals surface area (Å²) in [5.74, 6) is 0.183. The molecule has 5 rings (SSSR count). The molecule has 2 aliphatic carbocycles. The summed E-state index contributed by atoms with van der Waals surface area (Å²) in [5, 5.41) is -0.132. The quantitative estimate of drug-likeness (QED) is 0.528. The van der Waals surface area contributed by atoms with Crippen LogP contribution in [0.15, 0.2) is 36.4 Å². The Morgan fingerprint density at radius 1 is 0.844 bits per heavy atom. The van der Waals surface area contributed by atoms with E-state index in [2.05, 4.69) is 71.0 Å². The number of hydrogen-bond acceptors (Lipinski definition) is 3. The fourth-order valence-electron chi connectivity index (χ4n) is 5.72. The molecule has 1 saturated heterocycles. The van der Waals surface area contributed by atoms with Gasteiger partial charge in [-0.05, 0) is 76.8 Å². The van der Waals surface area contributed by atoms with E-state index < -0.39 is 0 Å². The highest BCUT2D eigenvalue weighted by Crippen LogP contribution is 2.56. The van der Waals surface area contributed by atoms with Crippen molar-refractivity contribution in [2.24, 2.45) is 0 Å². The molecule has 4 heteroatoms. The smallest absolute Gasteiger partial charge is 0.273 e. The number of thioether (sulfide) groups is 1. The number of hydrogen-bond donors (Lipinski definition) is 0. The van der Waals surface area contributed by atoms with Gasteiger partial charge in [0.25, 0.3) is 5.24 Å². The van der Waals surface area contributed by atoms with Crippen molar-refractivity contribution in [1.29, 1.82) is 0 Å². The van der Waals surface area contributed by atoms with Gasteiger partial charge in [-0.3, -0.25) is 14.5 Å². The van der Waals surface area contributed by atoms with Crippen LogP contribution in [0.5, 0.6) is 0 Å². The van der Waals surface area contributed by atoms with Gasteiger partial charge in [0.15, 0.2) is 0 Å². The van der Waals surface area contributed by atoms with Gasteiger partial charge in [-0.15, -0.1) is 0 Å². The van der Waals surface area contributed by atoms with Crippen LogP contribution in [0.25, 0.3) is 0 Å². The number of amides is 2. The number of fused-ring (bicyclic) bond motifs is 1. The lowest BCUT2D eigenvalue weighted by Gasteiger charge is -2.43. The van der Waals surface area contributed by atoms with E-state index in [0.717, 1.165) is 17.3 Å². The van der Waals surface area contributed by atoms with Crippen molar-refractivity contribution < 1.29 is 9.59 Å². The standard InChI is InChI=1S/C28H33NO2S/c1-18-14-22-23(27(4,5)11-10-26(22,2)3)15-21(18)28(12-13-28)20-8-6-19(7-9-20)16-29-24(30)17-32-25(29)31/h6-9,14-15H,10-13,16-17H2,1-5H3. The Bertz CT molecular complexity index is 1090. The van der Waals surface area contributed by atoms with Gasteiger partial charge in [0.2, 0.25) is 5.91 Å². The highest BCUT2D eigenvalue weighted by molar-refractivity contribution is 8.14. The molecule has 2 aromatic carbocycles. The largest absolute Gasteiger partial charge is 0.289 e. The maximum atomic E-state index is 11.9. The highest BCUT2D eigenvalue weighted by Gasteiger charge is 2.48. The Morgan fingerprint density at radius 2 is 1.44 bits per heavy atom. The molecule has 32 heavy (non-hydrogen) atoms. The topological polar surface area (TPSA) is 37.4 Å². The summed E-state index contributed by atoms with van der Waals surface area (Å²) in [6, 6.07) is 13.6. The third-order valence-electron chi connectivity index (χ3n) is 8.15. The Labute approximate surface area is 196 Å². The number of benzene rings is 2. The Balaban J connectivity index is 1.48. The van der Waals surface area contributed by atoms with E-state index in [4.69, 9.17) is 0 Å². The van der Waals surface area contributed by atoms with Crippen LogP contribution in [0, 0.1) is 6.92 Å². The first kappa shape index (κ1) is 21.8. The molecule has 0 bridgehead atoms. The summed E-state index contributed by atoms with van der Waals surface area (Å²) in [7, 11) is 0. The predicted octanol–water partition coefficient (Wildman–Crippen LogP) is 6.62. The van der Waals surface area contributed by atoms with Crippen LogP contribution in [0.2, 0.25) is 0 Å². The molecular formula is C28H33NO2S. The number of aryl methyl sites for hydroxylation is 1. The number of imide groups is 1. The first-order valence-corrected chi connectivity index (χ1v) is 12.7. The van der Waals surface area contributed by atoms with Crippen molar-refractivity contribution in [3.05, 3.63) is 69.8 Å². The van der Waals surface area contributed by atoms with Crippen LogP contribution in [0.4, 0.5) is 4.79 Å². The minimum atomic E-state index is -0.132. The van der Waals surface area contributed by atoms with Crippen molar-refractivity contribution in [3.8, 4) is 0 Å². The number of nitrogens with zero attached hydrogens (tertiary/aromatic N) is 1. The molecular weight excluding hydrogens is 414 g/mol. The molecule has 0 unspecified atom stereocenters. The van der Waals surface area contributed by atoms with Gasteiger partial charge in [0.1, 0.15) is 0 Å². The van der Waals surface area contributed by atoms with Gasteiger partial charge in [0, 0.05) is 5.41 Å². The first-order valence-electron chi connectivity index (χ1n) is 11.8. The molecule has 2 aromatic rings. The van der Waals surface area contributed by atoms with Crippen LogP contribution >= 0.6 is 11.8 Å². The van der Waals surface area contributed by atoms with Crippen molar-refractivity contribution in [2.45, 2.75) is 83.1 Å². The second-order valence-electron chi connectivity index (χ2n) is 11.3. The molecule has 0 spiro atoms. The third kappa shape index (κ3) is 3.42. The Hall–Kier alpha value is -2.07. The fraction of sp³-hybridized carbons (Fsp3) is 0.500. The minimum Gasteiger partial charge on any atom is -0.273 e. The Kier molecular flexibility index (Phi) is 4.91. The van der Waals surface area contributed by atoms with E-state index in [1.54, 1.807) is 0 Å². The maximum Gasteiger partial charge on any atom is 0.289 e. The monoisotopic (exact) mass is 447 g/mol. The van der Waals surface area contributed by atoms with Crippen molar-refractivity contribution >= 4 is 22.9 Å². The van der Waals surface area contributed by atoms with E-state index in [0.29, 0.717) is 6.54 Å². The van der Waals surface area contributed by atoms with E-state index in [1.165, 1.54) is 58.4 Å². The number of carbonyl (C=O) groups is 2. The fourth-order valence-corrected chi connectivity index (χ4v) is 6.45. The lowest BCUT2D eigenvalue weighted by atomic mass is 9.62. The molecule has 168 valence electrons. The second-order valence-corrected chi connectivity index (χ2v) is 12.2. The Morgan fingerprint density at radius 3 is 1.97 bits per heavy atom. The molecule has 0 aromatic heterocycles. The molecule has 1 aliphatic heterocycles. The molecule has 0 radical (unpaired) electrons. The normalized spacial score (nSPS) is 22.7. The molecule has 0 atom stereocenters. The highest BCUT2D eigenvalue weighted by atomic mass is 32.2. The van der Waals surface area contributed by atoms with Gasteiger partial charge >= 0.3 is 0 Å². The second kappa shape index (κ2) is 7.21. The SMILES string of the molecule is Cc1cc2c(cc1C1(c3ccc(CN4C(=O)CSC4=O)cc3)CC1)C(C)(C)CCC2(C)C. The van der Waals surface area contributed by atoms with E-state index in [-0.39, 0.29) is 33.1 Å². The molecule has 0 N–H and O–H groups in total. The average Bonchev–Trinajstić information content (AvgIpc) is 3.49. The van der Waals surface area contributed by atoms with Crippen molar-refractivity contribution in [1.82, 2.24) is 4.90 Å². The van der Waals surface area contributed by atoms with Crippen LogP contribution in [-0.4, -0.2) is 21.8 Å². The molecule has 1 heterocycles. The molecule has 3 nitrogen and oxygen atoms in total. The summed E-state index contributed by atoms with van der Waals surface area (Å²) in [6.07, 6.45) is 4.81. The zero-order chi connectivity index (χ0) is 22.9. The summed E-state index contributed by atoms with van der Waals surface area (Å²) >= 11 is 1.10. The van der Waals surface area contributed by atoms with Gasteiger partial charge in [0.05, 0.1) is 12.3 Å². The van der Waals surface area contributed by atoms with Gasteiger partial charge < -0.3 is 0 Å². The summed E-state index contributed by atoms with van der Waals surface area (Å²) in [5.41, 5.74) is 8.85. The van der Waals surface area contributed by atoms with E-state index in [9.17, 15) is 9.59 Å². The predicted molar refractivity (Wildman–Crippen MR) is 131 cm³/mol. The summed E-state index contributed by atoms with van der Waals surface area (Å²) in [4.78, 5) is 25.2. The summed E-state index contributed by atoms with van der Waals surface area (Å²) < 4.78 is 0. The van der Waals surface area contributed by atoms with Crippen LogP contribution < -0.4 is 0 Å². The molecule has 2 amide bonds. The summed E-state index contributed by atoms with van der Waals surface area (Å²) in [6.45, 7) is 12.2. The van der Waals surface area contributed by atoms with Crippen LogP contribution in [-0.2, 0) is 27.6 Å². The average molecular weight is 448 g/mol. The van der Waals surface area contributed by atoms with Gasteiger partial charge in [-0.1, -0.05) is 75.9 Å². The van der Waals surface area contributed by atoms with Crippen molar-refractivity contribution in [2.75, 3.05) is 5.75 Å². The maximum absolute atomic E-state index is 11.9. The van der Waals surface area contributed by atoms with Gasteiger partial charge in [-0.2, -0.15) is 0 Å². The third-order valence-corrected chi connectivity index (χ3v) is 9.01. The number of rotatable bonds is 4. The lowest BCUT2D eigenvalue weighted by Crippen LogP contribution is -2.34. The van der Waals surface area contributed by atoms with Crippen LogP contribution in [0.3, 0.4) is 0 Å². The molecule has 1 saturated carbocycles. The van der Waals surface area contributed by atoms with Crippen molar-refractivity contribution in [3.63, 3.8) is 0 Å². The molecule has 3 aliphatic rings. The zero-order valence-electron chi connectivity index (χ0n) is 19.9. The minimum absolute atomic E-state index is 0.0852. The molecule has 2 fully saturated rings. The first-order chi connectivity index (χ1) is 15.0. The lowest BCUT2D eigenvalue weighted by molar-refractivity contribution is -0.125. The van der Waals surface area contributed by atoms with Crippen LogP contribution in [0.1, 0.15) is 86.8 Å². The number of carbonyl (C=O) groups excluding carboxylic acids is 2. The van der Waals surface area contributed by atoms with Gasteiger partial charge in [-0.25, -0.2) is 0 Å². The zero-order valence-corrected chi connectivity index (χ0v) is 20.7. The van der Waals surface area contributed by atoms with E-state index in [1.807, 2.05) is 0 Å².